The van der Waals surface area contributed by atoms with E-state index in [0.29, 0.717) is 29.5 Å². The van der Waals surface area contributed by atoms with Gasteiger partial charge in [-0.25, -0.2) is 0 Å². The summed E-state index contributed by atoms with van der Waals surface area (Å²) in [5, 5.41) is 28.2. The molecule has 0 aliphatic heterocycles. The van der Waals surface area contributed by atoms with E-state index in [4.69, 9.17) is 21.5 Å². The summed E-state index contributed by atoms with van der Waals surface area (Å²) < 4.78 is 0. The van der Waals surface area contributed by atoms with Gasteiger partial charge in [-0.05, 0) is 42.5 Å². The molecule has 7 heteroatoms. The Hall–Kier alpha value is -3.66. The SMILES string of the molecule is N#Cc1ccc(C(CC(=O)O)NC(=O)CCCCc2ccc(C(=N)N)cc2)cc1. The number of aryl methyl sites for hydroxylation is 1. The smallest absolute Gasteiger partial charge is 0.305 e. The Morgan fingerprint density at radius 3 is 2.31 bits per heavy atom. The molecule has 0 spiro atoms. The van der Waals surface area contributed by atoms with Crippen LogP contribution in [0.1, 0.15) is 54.0 Å². The fourth-order valence-corrected chi connectivity index (χ4v) is 2.95. The molecule has 0 aliphatic carbocycles. The first-order valence-electron chi connectivity index (χ1n) is 9.33. The van der Waals surface area contributed by atoms with Crippen LogP contribution in [0.25, 0.3) is 0 Å². The van der Waals surface area contributed by atoms with Crippen LogP contribution in [-0.4, -0.2) is 22.8 Å². The maximum atomic E-state index is 12.3. The molecule has 0 heterocycles. The maximum Gasteiger partial charge on any atom is 0.305 e. The number of hydrogen-bond donors (Lipinski definition) is 4. The van der Waals surface area contributed by atoms with E-state index in [1.807, 2.05) is 18.2 Å². The lowest BCUT2D eigenvalue weighted by molar-refractivity contribution is -0.137. The molecule has 0 saturated heterocycles. The number of amides is 1. The van der Waals surface area contributed by atoms with E-state index < -0.39 is 12.0 Å². The number of carboxylic acid groups (broad SMARTS) is 1. The quantitative estimate of drug-likeness (QED) is 0.280. The van der Waals surface area contributed by atoms with Gasteiger partial charge < -0.3 is 16.2 Å². The van der Waals surface area contributed by atoms with Gasteiger partial charge in [0.1, 0.15) is 5.84 Å². The summed E-state index contributed by atoms with van der Waals surface area (Å²) in [5.41, 5.74) is 8.36. The average molecular weight is 392 g/mol. The van der Waals surface area contributed by atoms with E-state index in [2.05, 4.69) is 5.32 Å². The zero-order valence-electron chi connectivity index (χ0n) is 16.0. The largest absolute Gasteiger partial charge is 0.481 e. The summed E-state index contributed by atoms with van der Waals surface area (Å²) in [4.78, 5) is 23.4. The van der Waals surface area contributed by atoms with Crippen molar-refractivity contribution in [3.63, 3.8) is 0 Å². The third-order valence-corrected chi connectivity index (χ3v) is 4.54. The molecule has 2 aromatic carbocycles. The van der Waals surface area contributed by atoms with E-state index in [9.17, 15) is 9.59 Å². The number of hydrogen-bond acceptors (Lipinski definition) is 4. The van der Waals surface area contributed by atoms with Crippen molar-refractivity contribution in [1.82, 2.24) is 5.32 Å². The summed E-state index contributed by atoms with van der Waals surface area (Å²) in [5.74, 6) is -1.17. The minimum atomic E-state index is -1.01. The van der Waals surface area contributed by atoms with Crippen molar-refractivity contribution in [3.05, 3.63) is 70.8 Å². The molecule has 7 nitrogen and oxygen atoms in total. The number of carbonyl (C=O) groups is 2. The predicted molar refractivity (Wildman–Crippen MR) is 109 cm³/mol. The van der Waals surface area contributed by atoms with Crippen LogP contribution < -0.4 is 11.1 Å². The highest BCUT2D eigenvalue weighted by molar-refractivity contribution is 5.94. The molecule has 2 aromatic rings. The Morgan fingerprint density at radius 1 is 1.10 bits per heavy atom. The number of benzene rings is 2. The summed E-state index contributed by atoms with van der Waals surface area (Å²) >= 11 is 0. The standard InChI is InChI=1S/C22H24N4O3/c23-14-16-7-9-17(10-8-16)19(13-21(28)29)26-20(27)4-2-1-3-15-5-11-18(12-6-15)22(24)25/h5-12,19H,1-4,13H2,(H3,24,25)(H,26,27)(H,28,29). The minimum absolute atomic E-state index is 0.0337. The van der Waals surface area contributed by atoms with Gasteiger partial charge in [-0.3, -0.25) is 15.0 Å². The van der Waals surface area contributed by atoms with Crippen molar-refractivity contribution < 1.29 is 14.7 Å². The van der Waals surface area contributed by atoms with Crippen LogP contribution in [0.3, 0.4) is 0 Å². The second-order valence-corrected chi connectivity index (χ2v) is 6.77. The fourth-order valence-electron chi connectivity index (χ4n) is 2.95. The molecule has 0 saturated carbocycles. The van der Waals surface area contributed by atoms with Crippen LogP contribution in [-0.2, 0) is 16.0 Å². The van der Waals surface area contributed by atoms with Crippen LogP contribution in [0.2, 0.25) is 0 Å². The summed E-state index contributed by atoms with van der Waals surface area (Å²) in [6.45, 7) is 0. The lowest BCUT2D eigenvalue weighted by Gasteiger charge is -2.17. The van der Waals surface area contributed by atoms with Gasteiger partial charge in [-0.2, -0.15) is 5.26 Å². The Kier molecular flexibility index (Phi) is 7.92. The zero-order valence-corrected chi connectivity index (χ0v) is 16.0. The number of nitriles is 1. The number of nitrogens with zero attached hydrogens (tertiary/aromatic N) is 1. The Bertz CT molecular complexity index is 899. The van der Waals surface area contributed by atoms with Crippen LogP contribution in [0, 0.1) is 16.7 Å². The molecule has 0 aliphatic rings. The second kappa shape index (κ2) is 10.6. The molecular weight excluding hydrogens is 368 g/mol. The highest BCUT2D eigenvalue weighted by atomic mass is 16.4. The van der Waals surface area contributed by atoms with Crippen molar-refractivity contribution in [1.29, 1.82) is 10.7 Å². The normalized spacial score (nSPS) is 11.3. The first-order valence-corrected chi connectivity index (χ1v) is 9.33. The Morgan fingerprint density at radius 2 is 1.76 bits per heavy atom. The lowest BCUT2D eigenvalue weighted by atomic mass is 10.0. The molecule has 1 amide bonds. The number of aliphatic carboxylic acids is 1. The third kappa shape index (κ3) is 7.11. The van der Waals surface area contributed by atoms with Gasteiger partial charge in [-0.1, -0.05) is 36.4 Å². The number of amidine groups is 1. The molecular formula is C22H24N4O3. The van der Waals surface area contributed by atoms with Crippen LogP contribution in [0.4, 0.5) is 0 Å². The van der Waals surface area contributed by atoms with Gasteiger partial charge in [-0.15, -0.1) is 0 Å². The molecule has 150 valence electrons. The minimum Gasteiger partial charge on any atom is -0.481 e. The first kappa shape index (κ1) is 21.6. The highest BCUT2D eigenvalue weighted by Gasteiger charge is 2.18. The third-order valence-electron chi connectivity index (χ3n) is 4.54. The van der Waals surface area contributed by atoms with Crippen LogP contribution >= 0.6 is 0 Å². The fraction of sp³-hybridized carbons (Fsp3) is 0.273. The van der Waals surface area contributed by atoms with E-state index >= 15 is 0 Å². The molecule has 0 bridgehead atoms. The first-order chi connectivity index (χ1) is 13.9. The maximum absolute atomic E-state index is 12.3. The molecule has 2 rings (SSSR count). The molecule has 1 atom stereocenters. The van der Waals surface area contributed by atoms with E-state index in [1.165, 1.54) is 0 Å². The number of nitrogens with two attached hydrogens (primary N) is 1. The average Bonchev–Trinajstić information content (AvgIpc) is 2.71. The Labute approximate surface area is 169 Å². The number of nitrogens with one attached hydrogen (secondary N) is 2. The summed E-state index contributed by atoms with van der Waals surface area (Å²) in [7, 11) is 0. The van der Waals surface area contributed by atoms with Crippen molar-refractivity contribution in [2.24, 2.45) is 5.73 Å². The highest BCUT2D eigenvalue weighted by Crippen LogP contribution is 2.18. The van der Waals surface area contributed by atoms with E-state index in [-0.39, 0.29) is 18.2 Å². The van der Waals surface area contributed by atoms with Gasteiger partial charge in [0.15, 0.2) is 0 Å². The summed E-state index contributed by atoms with van der Waals surface area (Å²) in [6.07, 6.45) is 2.37. The number of rotatable bonds is 10. The van der Waals surface area contributed by atoms with Gasteiger partial charge in [0.05, 0.1) is 24.1 Å². The number of carbonyl (C=O) groups excluding carboxylic acids is 1. The number of carboxylic acids is 1. The molecule has 0 aromatic heterocycles. The topological polar surface area (TPSA) is 140 Å². The molecule has 1 unspecified atom stereocenters. The van der Waals surface area contributed by atoms with Gasteiger partial charge in [0.2, 0.25) is 5.91 Å². The van der Waals surface area contributed by atoms with Crippen molar-refractivity contribution in [2.45, 2.75) is 38.1 Å². The number of unbranched alkanes of at least 4 members (excludes halogenated alkanes) is 1. The van der Waals surface area contributed by atoms with Crippen LogP contribution in [0.15, 0.2) is 48.5 Å². The van der Waals surface area contributed by atoms with Crippen molar-refractivity contribution >= 4 is 17.7 Å². The van der Waals surface area contributed by atoms with Gasteiger partial charge in [0.25, 0.3) is 0 Å². The van der Waals surface area contributed by atoms with Crippen molar-refractivity contribution in [2.75, 3.05) is 0 Å². The number of nitrogen functional groups attached to an aromatic ring is 1. The Balaban J connectivity index is 1.83. The molecule has 0 fully saturated rings. The summed E-state index contributed by atoms with van der Waals surface area (Å²) in [6, 6.07) is 15.4. The monoisotopic (exact) mass is 392 g/mol. The predicted octanol–water partition coefficient (Wildman–Crippen LogP) is 2.89. The molecule has 0 radical (unpaired) electrons. The second-order valence-electron chi connectivity index (χ2n) is 6.77. The molecule has 29 heavy (non-hydrogen) atoms. The van der Waals surface area contributed by atoms with E-state index in [0.717, 1.165) is 18.4 Å². The van der Waals surface area contributed by atoms with Crippen LogP contribution in [0.5, 0.6) is 0 Å². The lowest BCUT2D eigenvalue weighted by Crippen LogP contribution is -2.30. The van der Waals surface area contributed by atoms with Crippen molar-refractivity contribution in [3.8, 4) is 6.07 Å². The van der Waals surface area contributed by atoms with Gasteiger partial charge in [0, 0.05) is 12.0 Å². The van der Waals surface area contributed by atoms with E-state index in [1.54, 1.807) is 36.4 Å². The zero-order chi connectivity index (χ0) is 21.2. The molecule has 5 N–H and O–H groups in total. The van der Waals surface area contributed by atoms with Gasteiger partial charge >= 0.3 is 5.97 Å².